The molecule has 0 heterocycles. The average Bonchev–Trinajstić information content (AvgIpc) is 2.14. The first-order valence-corrected chi connectivity index (χ1v) is 5.57. The Bertz CT molecular complexity index is 229. The second-order valence-corrected chi connectivity index (χ2v) is 4.31. The third-order valence-corrected chi connectivity index (χ3v) is 2.22. The quantitative estimate of drug-likeness (QED) is 0.644. The minimum atomic E-state index is -0.786. The highest BCUT2D eigenvalue weighted by Crippen LogP contribution is 2.00. The summed E-state index contributed by atoms with van der Waals surface area (Å²) in [5, 5.41) is 11.3. The number of hydrogen-bond donors (Lipinski definition) is 2. The van der Waals surface area contributed by atoms with Crippen molar-refractivity contribution in [2.24, 2.45) is 0 Å². The maximum Gasteiger partial charge on any atom is 0.303 e. The van der Waals surface area contributed by atoms with E-state index in [0.29, 0.717) is 19.3 Å². The summed E-state index contributed by atoms with van der Waals surface area (Å²) >= 11 is 0. The molecule has 94 valence electrons. The predicted octanol–water partition coefficient (Wildman–Crippen LogP) is 0.698. The van der Waals surface area contributed by atoms with Gasteiger partial charge in [-0.2, -0.15) is 0 Å². The summed E-state index contributed by atoms with van der Waals surface area (Å²) in [6, 6.07) is 0.0500. The Hall–Kier alpha value is -1.10. The van der Waals surface area contributed by atoms with Crippen LogP contribution in [0.5, 0.6) is 0 Å². The van der Waals surface area contributed by atoms with Gasteiger partial charge in [0, 0.05) is 25.4 Å². The predicted molar refractivity (Wildman–Crippen MR) is 62.3 cm³/mol. The highest BCUT2D eigenvalue weighted by Gasteiger charge is 2.08. The third kappa shape index (κ3) is 9.45. The van der Waals surface area contributed by atoms with Crippen LogP contribution in [0.4, 0.5) is 0 Å². The van der Waals surface area contributed by atoms with Gasteiger partial charge in [0.15, 0.2) is 0 Å². The van der Waals surface area contributed by atoms with Crippen LogP contribution in [0.1, 0.15) is 32.6 Å². The first-order chi connectivity index (χ1) is 7.41. The van der Waals surface area contributed by atoms with Gasteiger partial charge >= 0.3 is 5.97 Å². The second kappa shape index (κ2) is 8.10. The number of carboxylic acids is 1. The minimum Gasteiger partial charge on any atom is -0.481 e. The van der Waals surface area contributed by atoms with Crippen LogP contribution in [0.15, 0.2) is 0 Å². The highest BCUT2D eigenvalue weighted by atomic mass is 16.4. The van der Waals surface area contributed by atoms with Crippen LogP contribution < -0.4 is 5.32 Å². The fourth-order valence-electron chi connectivity index (χ4n) is 1.30. The van der Waals surface area contributed by atoms with E-state index < -0.39 is 5.97 Å². The van der Waals surface area contributed by atoms with Crippen LogP contribution in [0.2, 0.25) is 0 Å². The van der Waals surface area contributed by atoms with E-state index in [1.807, 2.05) is 25.9 Å². The van der Waals surface area contributed by atoms with Crippen LogP contribution in [-0.2, 0) is 9.59 Å². The number of carbonyl (C=O) groups is 2. The number of rotatable bonds is 8. The van der Waals surface area contributed by atoms with Gasteiger partial charge in [-0.15, -0.1) is 0 Å². The molecular formula is C11H22N2O3. The van der Waals surface area contributed by atoms with Gasteiger partial charge in [0.2, 0.25) is 5.91 Å². The molecule has 0 aliphatic rings. The highest BCUT2D eigenvalue weighted by molar-refractivity contribution is 5.76. The van der Waals surface area contributed by atoms with E-state index in [-0.39, 0.29) is 18.4 Å². The molecule has 0 aromatic rings. The Morgan fingerprint density at radius 1 is 1.31 bits per heavy atom. The molecule has 2 N–H and O–H groups in total. The normalized spacial score (nSPS) is 12.5. The van der Waals surface area contributed by atoms with Crippen molar-refractivity contribution in [3.8, 4) is 0 Å². The van der Waals surface area contributed by atoms with E-state index in [1.165, 1.54) is 0 Å². The Balaban J connectivity index is 3.57. The molecular weight excluding hydrogens is 208 g/mol. The van der Waals surface area contributed by atoms with E-state index in [9.17, 15) is 9.59 Å². The van der Waals surface area contributed by atoms with E-state index in [2.05, 4.69) is 5.32 Å². The van der Waals surface area contributed by atoms with Crippen LogP contribution in [0.3, 0.4) is 0 Å². The van der Waals surface area contributed by atoms with Crippen LogP contribution in [-0.4, -0.2) is 48.6 Å². The van der Waals surface area contributed by atoms with Gasteiger partial charge in [-0.3, -0.25) is 9.59 Å². The zero-order valence-corrected chi connectivity index (χ0v) is 10.3. The number of carbonyl (C=O) groups excluding carboxylic acids is 1. The minimum absolute atomic E-state index is 0.0246. The van der Waals surface area contributed by atoms with Crippen LogP contribution >= 0.6 is 0 Å². The summed E-state index contributed by atoms with van der Waals surface area (Å²) in [7, 11) is 3.84. The molecule has 0 rings (SSSR count). The van der Waals surface area contributed by atoms with Gasteiger partial charge in [0.1, 0.15) is 0 Å². The summed E-state index contributed by atoms with van der Waals surface area (Å²) in [5.74, 6) is -0.761. The average molecular weight is 230 g/mol. The fourth-order valence-corrected chi connectivity index (χ4v) is 1.30. The molecule has 5 nitrogen and oxygen atoms in total. The molecule has 0 radical (unpaired) electrons. The molecule has 1 unspecified atom stereocenters. The first kappa shape index (κ1) is 14.9. The molecule has 0 aromatic heterocycles. The number of carboxylic acid groups (broad SMARTS) is 1. The molecule has 0 aliphatic heterocycles. The monoisotopic (exact) mass is 230 g/mol. The van der Waals surface area contributed by atoms with Crippen LogP contribution in [0, 0.1) is 0 Å². The van der Waals surface area contributed by atoms with Crippen molar-refractivity contribution in [3.63, 3.8) is 0 Å². The SMILES string of the molecule is CC(CCCC(=O)O)NC(=O)CCN(C)C. The Labute approximate surface area is 96.8 Å². The lowest BCUT2D eigenvalue weighted by molar-refractivity contribution is -0.137. The molecule has 5 heteroatoms. The zero-order chi connectivity index (χ0) is 12.6. The number of hydrogen-bond acceptors (Lipinski definition) is 3. The van der Waals surface area contributed by atoms with Crippen molar-refractivity contribution in [1.82, 2.24) is 10.2 Å². The zero-order valence-electron chi connectivity index (χ0n) is 10.3. The summed E-state index contributed by atoms with van der Waals surface area (Å²) in [5.41, 5.74) is 0. The Morgan fingerprint density at radius 3 is 2.44 bits per heavy atom. The molecule has 0 spiro atoms. The molecule has 0 saturated carbocycles. The molecule has 0 fully saturated rings. The van der Waals surface area contributed by atoms with Crippen molar-refractivity contribution >= 4 is 11.9 Å². The second-order valence-electron chi connectivity index (χ2n) is 4.31. The number of nitrogens with one attached hydrogen (secondary N) is 1. The summed E-state index contributed by atoms with van der Waals surface area (Å²) < 4.78 is 0. The van der Waals surface area contributed by atoms with Crippen LogP contribution in [0.25, 0.3) is 0 Å². The van der Waals surface area contributed by atoms with Crippen molar-refractivity contribution < 1.29 is 14.7 Å². The standard InChI is InChI=1S/C11H22N2O3/c1-9(5-4-6-11(15)16)12-10(14)7-8-13(2)3/h9H,4-8H2,1-3H3,(H,12,14)(H,15,16). The van der Waals surface area contributed by atoms with Gasteiger partial charge in [0.05, 0.1) is 0 Å². The maximum atomic E-state index is 11.4. The molecule has 0 bridgehead atoms. The summed E-state index contributed by atoms with van der Waals surface area (Å²) in [6.45, 7) is 2.63. The lowest BCUT2D eigenvalue weighted by Crippen LogP contribution is -2.34. The Kier molecular flexibility index (Phi) is 7.54. The van der Waals surface area contributed by atoms with E-state index >= 15 is 0 Å². The van der Waals surface area contributed by atoms with E-state index in [0.717, 1.165) is 6.54 Å². The van der Waals surface area contributed by atoms with Crippen molar-refractivity contribution in [2.45, 2.75) is 38.6 Å². The van der Waals surface area contributed by atoms with Crippen molar-refractivity contribution in [2.75, 3.05) is 20.6 Å². The van der Waals surface area contributed by atoms with Gasteiger partial charge in [0.25, 0.3) is 0 Å². The topological polar surface area (TPSA) is 69.6 Å². The van der Waals surface area contributed by atoms with Crippen molar-refractivity contribution in [1.29, 1.82) is 0 Å². The first-order valence-electron chi connectivity index (χ1n) is 5.57. The molecule has 0 aliphatic carbocycles. The smallest absolute Gasteiger partial charge is 0.303 e. The summed E-state index contributed by atoms with van der Waals surface area (Å²) in [4.78, 5) is 23.6. The largest absolute Gasteiger partial charge is 0.481 e. The summed E-state index contributed by atoms with van der Waals surface area (Å²) in [6.07, 6.45) is 1.96. The molecule has 1 atom stereocenters. The van der Waals surface area contributed by atoms with Crippen molar-refractivity contribution in [3.05, 3.63) is 0 Å². The van der Waals surface area contributed by atoms with E-state index in [1.54, 1.807) is 0 Å². The van der Waals surface area contributed by atoms with Gasteiger partial charge < -0.3 is 15.3 Å². The Morgan fingerprint density at radius 2 is 1.94 bits per heavy atom. The fraction of sp³-hybridized carbons (Fsp3) is 0.818. The number of aliphatic carboxylic acids is 1. The molecule has 16 heavy (non-hydrogen) atoms. The van der Waals surface area contributed by atoms with E-state index in [4.69, 9.17) is 5.11 Å². The molecule has 0 aromatic carbocycles. The lowest BCUT2D eigenvalue weighted by Gasteiger charge is -2.14. The maximum absolute atomic E-state index is 11.4. The van der Waals surface area contributed by atoms with Gasteiger partial charge in [-0.25, -0.2) is 0 Å². The molecule has 0 saturated heterocycles. The van der Waals surface area contributed by atoms with Gasteiger partial charge in [-0.1, -0.05) is 0 Å². The molecule has 1 amide bonds. The third-order valence-electron chi connectivity index (χ3n) is 2.22. The number of nitrogens with zero attached hydrogens (tertiary/aromatic N) is 1. The van der Waals surface area contributed by atoms with Gasteiger partial charge in [-0.05, 0) is 33.9 Å². The number of amides is 1. The lowest BCUT2D eigenvalue weighted by atomic mass is 10.1.